The number of carbonyl (C=O) groups is 1. The van der Waals surface area contributed by atoms with Crippen LogP contribution in [0.15, 0.2) is 18.5 Å². The Morgan fingerprint density at radius 3 is 2.25 bits per heavy atom. The number of carbonyl (C=O) groups excluding carboxylic acids is 1. The number of anilines is 1. The highest BCUT2D eigenvalue weighted by Crippen LogP contribution is 2.10. The van der Waals surface area contributed by atoms with Gasteiger partial charge in [-0.25, -0.2) is 9.97 Å². The van der Waals surface area contributed by atoms with E-state index in [0.29, 0.717) is 6.42 Å². The van der Waals surface area contributed by atoms with Crippen LogP contribution in [0.1, 0.15) is 6.42 Å². The van der Waals surface area contributed by atoms with Crippen molar-refractivity contribution in [1.29, 1.82) is 0 Å². The van der Waals surface area contributed by atoms with Gasteiger partial charge in [0.15, 0.2) is 0 Å². The highest BCUT2D eigenvalue weighted by molar-refractivity contribution is 5.85. The van der Waals surface area contributed by atoms with Gasteiger partial charge in [0, 0.05) is 77.7 Å². The third-order valence-electron chi connectivity index (χ3n) is 4.32. The van der Waals surface area contributed by atoms with Gasteiger partial charge in [-0.2, -0.15) is 0 Å². The van der Waals surface area contributed by atoms with Crippen LogP contribution in [0, 0.1) is 0 Å². The monoisotopic (exact) mass is 376 g/mol. The van der Waals surface area contributed by atoms with Gasteiger partial charge in [0.25, 0.3) is 0 Å². The van der Waals surface area contributed by atoms with Gasteiger partial charge in [0.1, 0.15) is 0 Å². The number of nitrogens with one attached hydrogen (secondary N) is 1. The van der Waals surface area contributed by atoms with Crippen LogP contribution in [0.3, 0.4) is 0 Å². The van der Waals surface area contributed by atoms with Gasteiger partial charge in [-0.05, 0) is 6.07 Å². The van der Waals surface area contributed by atoms with E-state index in [2.05, 4.69) is 25.1 Å². The quantitative estimate of drug-likeness (QED) is 0.813. The summed E-state index contributed by atoms with van der Waals surface area (Å²) in [5.41, 5.74) is 0. The smallest absolute Gasteiger partial charge is 0.225 e. The molecule has 0 aromatic carbocycles. The van der Waals surface area contributed by atoms with Gasteiger partial charge >= 0.3 is 0 Å². The van der Waals surface area contributed by atoms with Crippen LogP contribution in [-0.2, 0) is 4.79 Å². The van der Waals surface area contributed by atoms with Crippen molar-refractivity contribution in [3.8, 4) is 0 Å². The highest BCUT2D eigenvalue weighted by atomic mass is 35.5. The number of amides is 1. The van der Waals surface area contributed by atoms with E-state index in [1.807, 2.05) is 11.0 Å². The molecule has 9 heteroatoms. The number of hydrogen-bond donors (Lipinski definition) is 1. The van der Waals surface area contributed by atoms with Crippen molar-refractivity contribution in [3.63, 3.8) is 0 Å². The third kappa shape index (κ3) is 5.73. The summed E-state index contributed by atoms with van der Waals surface area (Å²) < 4.78 is 0. The molecule has 2 aliphatic heterocycles. The van der Waals surface area contributed by atoms with Crippen molar-refractivity contribution in [2.24, 2.45) is 0 Å². The first kappa shape index (κ1) is 20.9. The maximum absolute atomic E-state index is 12.2. The van der Waals surface area contributed by atoms with Crippen molar-refractivity contribution < 1.29 is 4.79 Å². The van der Waals surface area contributed by atoms with E-state index in [-0.39, 0.29) is 30.7 Å². The minimum atomic E-state index is 0. The molecule has 7 nitrogen and oxygen atoms in total. The first-order valence-electron chi connectivity index (χ1n) is 8.06. The summed E-state index contributed by atoms with van der Waals surface area (Å²) in [5.74, 6) is 1.09. The standard InChI is InChI=1S/C15H24N6O.2ClH/c22-14(20-8-5-16-6-9-20)2-7-19-10-12-21(13-11-19)15-17-3-1-4-18-15;;/h1,3-4,16H,2,5-13H2;2*1H. The lowest BCUT2D eigenvalue weighted by molar-refractivity contribution is -0.132. The molecule has 0 saturated carbocycles. The Bertz CT molecular complexity index is 478. The van der Waals surface area contributed by atoms with Crippen molar-refractivity contribution in [1.82, 2.24) is 25.1 Å². The zero-order valence-electron chi connectivity index (χ0n) is 13.8. The minimum Gasteiger partial charge on any atom is -0.340 e. The van der Waals surface area contributed by atoms with Crippen LogP contribution < -0.4 is 10.2 Å². The summed E-state index contributed by atoms with van der Waals surface area (Å²) in [4.78, 5) is 27.3. The lowest BCUT2D eigenvalue weighted by Crippen LogP contribution is -2.49. The van der Waals surface area contributed by atoms with Crippen LogP contribution in [-0.4, -0.2) is 84.6 Å². The van der Waals surface area contributed by atoms with Crippen molar-refractivity contribution in [3.05, 3.63) is 18.5 Å². The van der Waals surface area contributed by atoms with E-state index in [9.17, 15) is 4.79 Å². The Morgan fingerprint density at radius 1 is 1.00 bits per heavy atom. The van der Waals surface area contributed by atoms with E-state index in [1.54, 1.807) is 12.4 Å². The largest absolute Gasteiger partial charge is 0.340 e. The summed E-state index contributed by atoms with van der Waals surface area (Å²) in [6, 6.07) is 1.83. The Morgan fingerprint density at radius 2 is 1.62 bits per heavy atom. The fourth-order valence-electron chi connectivity index (χ4n) is 2.95. The Labute approximate surface area is 155 Å². The minimum absolute atomic E-state index is 0. The molecule has 2 aliphatic rings. The first-order chi connectivity index (χ1) is 10.8. The van der Waals surface area contributed by atoms with E-state index in [4.69, 9.17) is 0 Å². The fraction of sp³-hybridized carbons (Fsp3) is 0.667. The molecule has 1 aromatic rings. The van der Waals surface area contributed by atoms with Gasteiger partial charge in [0.2, 0.25) is 11.9 Å². The molecule has 2 fully saturated rings. The highest BCUT2D eigenvalue weighted by Gasteiger charge is 2.21. The van der Waals surface area contributed by atoms with Crippen LogP contribution in [0.5, 0.6) is 0 Å². The first-order valence-corrected chi connectivity index (χ1v) is 8.06. The molecule has 3 heterocycles. The van der Waals surface area contributed by atoms with Crippen LogP contribution in [0.25, 0.3) is 0 Å². The van der Waals surface area contributed by atoms with Gasteiger partial charge in [-0.1, -0.05) is 0 Å². The number of hydrogen-bond acceptors (Lipinski definition) is 6. The average molecular weight is 377 g/mol. The molecule has 0 radical (unpaired) electrons. The number of piperazine rings is 2. The number of nitrogens with zero attached hydrogens (tertiary/aromatic N) is 5. The summed E-state index contributed by atoms with van der Waals surface area (Å²) in [5, 5.41) is 3.27. The Kier molecular flexibility index (Phi) is 9.28. The van der Waals surface area contributed by atoms with E-state index >= 15 is 0 Å². The van der Waals surface area contributed by atoms with Gasteiger partial charge in [-0.15, -0.1) is 24.8 Å². The zero-order valence-corrected chi connectivity index (χ0v) is 15.4. The summed E-state index contributed by atoms with van der Waals surface area (Å²) in [7, 11) is 0. The van der Waals surface area contributed by atoms with Crippen LogP contribution in [0.4, 0.5) is 5.95 Å². The predicted octanol–water partition coefficient (Wildman–Crippen LogP) is 0.264. The number of rotatable bonds is 4. The molecule has 136 valence electrons. The molecule has 2 saturated heterocycles. The van der Waals surface area contributed by atoms with E-state index in [1.165, 1.54) is 0 Å². The lowest BCUT2D eigenvalue weighted by atomic mass is 10.2. The second-order valence-corrected chi connectivity index (χ2v) is 5.76. The summed E-state index contributed by atoms with van der Waals surface area (Å²) >= 11 is 0. The van der Waals surface area contributed by atoms with Crippen LogP contribution in [0.2, 0.25) is 0 Å². The number of aromatic nitrogens is 2. The van der Waals surface area contributed by atoms with Crippen molar-refractivity contribution >= 4 is 36.7 Å². The van der Waals surface area contributed by atoms with E-state index < -0.39 is 0 Å². The Hall–Kier alpha value is -1.15. The summed E-state index contributed by atoms with van der Waals surface area (Å²) in [6.45, 7) is 8.16. The molecule has 0 aliphatic carbocycles. The van der Waals surface area contributed by atoms with Gasteiger partial charge in [0.05, 0.1) is 0 Å². The van der Waals surface area contributed by atoms with Gasteiger partial charge in [-0.3, -0.25) is 9.69 Å². The molecular weight excluding hydrogens is 351 g/mol. The normalized spacial score (nSPS) is 18.5. The average Bonchev–Trinajstić information content (AvgIpc) is 2.61. The molecule has 24 heavy (non-hydrogen) atoms. The fourth-order valence-corrected chi connectivity index (χ4v) is 2.95. The molecule has 0 unspecified atom stereocenters. The molecule has 0 atom stereocenters. The molecule has 1 amide bonds. The van der Waals surface area contributed by atoms with Crippen molar-refractivity contribution in [2.45, 2.75) is 6.42 Å². The maximum atomic E-state index is 12.2. The van der Waals surface area contributed by atoms with Crippen molar-refractivity contribution in [2.75, 3.05) is 63.8 Å². The molecular formula is C15H26Cl2N6O. The lowest BCUT2D eigenvalue weighted by Gasteiger charge is -2.35. The topological polar surface area (TPSA) is 64.6 Å². The van der Waals surface area contributed by atoms with E-state index in [0.717, 1.165) is 64.9 Å². The molecule has 0 bridgehead atoms. The SMILES string of the molecule is Cl.Cl.O=C(CCN1CCN(c2ncccn2)CC1)N1CCNCC1. The maximum Gasteiger partial charge on any atom is 0.225 e. The third-order valence-corrected chi connectivity index (χ3v) is 4.32. The van der Waals surface area contributed by atoms with Crippen LogP contribution >= 0.6 is 24.8 Å². The Balaban J connectivity index is 0.00000144. The molecule has 1 aromatic heterocycles. The number of halogens is 2. The molecule has 0 spiro atoms. The van der Waals surface area contributed by atoms with Gasteiger partial charge < -0.3 is 15.1 Å². The predicted molar refractivity (Wildman–Crippen MR) is 99.2 cm³/mol. The molecule has 3 rings (SSSR count). The zero-order chi connectivity index (χ0) is 15.2. The summed E-state index contributed by atoms with van der Waals surface area (Å²) in [6.07, 6.45) is 4.18. The molecule has 1 N–H and O–H groups in total. The second kappa shape index (κ2) is 10.7. The second-order valence-electron chi connectivity index (χ2n) is 5.76.